The molecule has 0 atom stereocenters. The Kier molecular flexibility index (Phi) is 3.36. The van der Waals surface area contributed by atoms with E-state index in [-0.39, 0.29) is 0 Å². The molecule has 3 heterocycles. The van der Waals surface area contributed by atoms with Crippen molar-refractivity contribution in [2.75, 3.05) is 19.0 Å². The van der Waals surface area contributed by atoms with Gasteiger partial charge >= 0.3 is 0 Å². The van der Waals surface area contributed by atoms with Crippen molar-refractivity contribution in [3.63, 3.8) is 0 Å². The number of anilines is 1. The van der Waals surface area contributed by atoms with Gasteiger partial charge < -0.3 is 4.90 Å². The summed E-state index contributed by atoms with van der Waals surface area (Å²) in [4.78, 5) is 15.1. The van der Waals surface area contributed by atoms with Gasteiger partial charge in [0, 0.05) is 27.3 Å². The SMILES string of the molecule is Cc1ncc(C)n2nc(C=Cc3nc(N(C)C)nn3C)nc12. The molecule has 0 aliphatic rings. The summed E-state index contributed by atoms with van der Waals surface area (Å²) < 4.78 is 3.52. The summed E-state index contributed by atoms with van der Waals surface area (Å²) in [6.45, 7) is 3.87. The molecule has 3 aromatic rings. The van der Waals surface area contributed by atoms with Crippen LogP contribution in [0.4, 0.5) is 5.95 Å². The van der Waals surface area contributed by atoms with E-state index in [2.05, 4.69) is 25.1 Å². The van der Waals surface area contributed by atoms with Crippen LogP contribution >= 0.6 is 0 Å². The van der Waals surface area contributed by atoms with Crippen LogP contribution in [0.3, 0.4) is 0 Å². The summed E-state index contributed by atoms with van der Waals surface area (Å²) >= 11 is 0. The lowest BCUT2D eigenvalue weighted by Crippen LogP contribution is -2.10. The highest BCUT2D eigenvalue weighted by molar-refractivity contribution is 5.64. The van der Waals surface area contributed by atoms with E-state index in [1.807, 2.05) is 52.0 Å². The maximum Gasteiger partial charge on any atom is 0.244 e. The van der Waals surface area contributed by atoms with Gasteiger partial charge in [-0.25, -0.2) is 14.2 Å². The Hall–Kier alpha value is -2.77. The van der Waals surface area contributed by atoms with Gasteiger partial charge in [-0.05, 0) is 26.0 Å². The monoisotopic (exact) mass is 298 g/mol. The molecule has 0 aromatic carbocycles. The third-order valence-corrected chi connectivity index (χ3v) is 3.29. The zero-order valence-corrected chi connectivity index (χ0v) is 13.3. The molecule has 0 radical (unpaired) electrons. The highest BCUT2D eigenvalue weighted by Gasteiger charge is 2.08. The molecular formula is C14H18N8. The topological polar surface area (TPSA) is 77.0 Å². The van der Waals surface area contributed by atoms with Crippen LogP contribution in [0.25, 0.3) is 17.8 Å². The number of nitrogens with zero attached hydrogens (tertiary/aromatic N) is 8. The van der Waals surface area contributed by atoms with Crippen molar-refractivity contribution in [3.8, 4) is 0 Å². The van der Waals surface area contributed by atoms with Gasteiger partial charge in [0.2, 0.25) is 5.95 Å². The average molecular weight is 298 g/mol. The number of rotatable bonds is 3. The third kappa shape index (κ3) is 2.43. The molecule has 0 aliphatic heterocycles. The summed E-state index contributed by atoms with van der Waals surface area (Å²) in [6, 6.07) is 0. The lowest BCUT2D eigenvalue weighted by molar-refractivity contribution is 0.753. The Balaban J connectivity index is 1.96. The van der Waals surface area contributed by atoms with Crippen molar-refractivity contribution >= 4 is 23.7 Å². The number of fused-ring (bicyclic) bond motifs is 1. The molecule has 22 heavy (non-hydrogen) atoms. The maximum absolute atomic E-state index is 4.49. The first kappa shape index (κ1) is 14.2. The van der Waals surface area contributed by atoms with Crippen LogP contribution in [0.5, 0.6) is 0 Å². The number of hydrogen-bond donors (Lipinski definition) is 0. The van der Waals surface area contributed by atoms with Gasteiger partial charge in [-0.15, -0.1) is 10.2 Å². The van der Waals surface area contributed by atoms with Gasteiger partial charge in [0.15, 0.2) is 17.3 Å². The first-order valence-corrected chi connectivity index (χ1v) is 6.91. The Bertz CT molecular complexity index is 816. The minimum atomic E-state index is 0.619. The van der Waals surface area contributed by atoms with Crippen LogP contribution in [-0.2, 0) is 7.05 Å². The van der Waals surface area contributed by atoms with E-state index < -0.39 is 0 Å². The number of hydrogen-bond acceptors (Lipinski definition) is 6. The van der Waals surface area contributed by atoms with E-state index in [0.717, 1.165) is 22.9 Å². The molecule has 0 unspecified atom stereocenters. The minimum absolute atomic E-state index is 0.619. The van der Waals surface area contributed by atoms with Crippen molar-refractivity contribution < 1.29 is 0 Å². The van der Waals surface area contributed by atoms with Crippen LogP contribution in [-0.4, -0.2) is 48.4 Å². The molecule has 114 valence electrons. The van der Waals surface area contributed by atoms with E-state index in [9.17, 15) is 0 Å². The number of aromatic nitrogens is 7. The van der Waals surface area contributed by atoms with Crippen LogP contribution in [0.1, 0.15) is 23.0 Å². The Labute approximate surface area is 128 Å². The van der Waals surface area contributed by atoms with Gasteiger partial charge in [0.25, 0.3) is 0 Å². The third-order valence-electron chi connectivity index (χ3n) is 3.29. The molecule has 3 aromatic heterocycles. The normalized spacial score (nSPS) is 11.7. The lowest BCUT2D eigenvalue weighted by atomic mass is 10.4. The molecule has 3 rings (SSSR count). The smallest absolute Gasteiger partial charge is 0.244 e. The maximum atomic E-state index is 4.49. The summed E-state index contributed by atoms with van der Waals surface area (Å²) in [5.41, 5.74) is 2.57. The van der Waals surface area contributed by atoms with Crippen LogP contribution in [0.15, 0.2) is 6.20 Å². The van der Waals surface area contributed by atoms with Crippen molar-refractivity contribution in [1.29, 1.82) is 0 Å². The average Bonchev–Trinajstić information content (AvgIpc) is 3.05. The molecule has 8 heteroatoms. The number of aryl methyl sites for hydroxylation is 3. The fraction of sp³-hybridized carbons (Fsp3) is 0.357. The highest BCUT2D eigenvalue weighted by atomic mass is 15.4. The minimum Gasteiger partial charge on any atom is -0.346 e. The first-order chi connectivity index (χ1) is 10.5. The fourth-order valence-corrected chi connectivity index (χ4v) is 2.05. The molecule has 0 fully saturated rings. The van der Waals surface area contributed by atoms with Crippen molar-refractivity contribution in [3.05, 3.63) is 29.2 Å². The Morgan fingerprint density at radius 3 is 2.50 bits per heavy atom. The van der Waals surface area contributed by atoms with E-state index in [4.69, 9.17) is 0 Å². The first-order valence-electron chi connectivity index (χ1n) is 6.91. The van der Waals surface area contributed by atoms with Crippen molar-refractivity contribution in [2.24, 2.45) is 7.05 Å². The van der Waals surface area contributed by atoms with Crippen LogP contribution in [0, 0.1) is 13.8 Å². The van der Waals surface area contributed by atoms with E-state index >= 15 is 0 Å². The molecule has 0 aliphatic carbocycles. The van der Waals surface area contributed by atoms with Gasteiger partial charge in [0.05, 0.1) is 11.4 Å². The highest BCUT2D eigenvalue weighted by Crippen LogP contribution is 2.11. The zero-order chi connectivity index (χ0) is 15.9. The summed E-state index contributed by atoms with van der Waals surface area (Å²) in [6.07, 6.45) is 5.47. The molecule has 0 bridgehead atoms. The summed E-state index contributed by atoms with van der Waals surface area (Å²) in [5, 5.41) is 8.79. The Morgan fingerprint density at radius 2 is 1.86 bits per heavy atom. The van der Waals surface area contributed by atoms with E-state index in [1.54, 1.807) is 15.4 Å². The lowest BCUT2D eigenvalue weighted by Gasteiger charge is -2.03. The molecule has 0 saturated carbocycles. The predicted octanol–water partition coefficient (Wildman–Crippen LogP) is 1.11. The molecule has 0 N–H and O–H groups in total. The van der Waals surface area contributed by atoms with E-state index in [1.165, 1.54) is 0 Å². The largest absolute Gasteiger partial charge is 0.346 e. The summed E-state index contributed by atoms with van der Waals surface area (Å²) in [7, 11) is 5.67. The fourth-order valence-electron chi connectivity index (χ4n) is 2.05. The second-order valence-corrected chi connectivity index (χ2v) is 5.31. The zero-order valence-electron chi connectivity index (χ0n) is 13.3. The van der Waals surface area contributed by atoms with E-state index in [0.29, 0.717) is 11.8 Å². The molecule has 0 saturated heterocycles. The second-order valence-electron chi connectivity index (χ2n) is 5.31. The molecule has 0 spiro atoms. The standard InChI is InChI=1S/C14H18N8/c1-9-8-15-10(2)13-16-11(18-22(9)13)6-7-12-17-14(20(3)4)19-21(12)5/h6-8H,1-5H3. The van der Waals surface area contributed by atoms with Gasteiger partial charge in [-0.3, -0.25) is 4.98 Å². The second kappa shape index (κ2) is 5.21. The Morgan fingerprint density at radius 1 is 1.09 bits per heavy atom. The van der Waals surface area contributed by atoms with Gasteiger partial charge in [-0.1, -0.05) is 0 Å². The van der Waals surface area contributed by atoms with Gasteiger partial charge in [0.1, 0.15) is 0 Å². The molecule has 8 nitrogen and oxygen atoms in total. The van der Waals surface area contributed by atoms with Gasteiger partial charge in [-0.2, -0.15) is 4.98 Å². The van der Waals surface area contributed by atoms with Crippen LogP contribution < -0.4 is 4.90 Å². The molecular weight excluding hydrogens is 280 g/mol. The predicted molar refractivity (Wildman–Crippen MR) is 84.5 cm³/mol. The molecule has 0 amide bonds. The van der Waals surface area contributed by atoms with Crippen molar-refractivity contribution in [1.82, 2.24) is 34.3 Å². The van der Waals surface area contributed by atoms with Crippen LogP contribution in [0.2, 0.25) is 0 Å². The quantitative estimate of drug-likeness (QED) is 0.721. The van der Waals surface area contributed by atoms with Crippen molar-refractivity contribution in [2.45, 2.75) is 13.8 Å². The summed E-state index contributed by atoms with van der Waals surface area (Å²) in [5.74, 6) is 2.03.